The number of halogens is 1. The predicted molar refractivity (Wildman–Crippen MR) is 54.7 cm³/mol. The Balaban J connectivity index is 2.46. The van der Waals surface area contributed by atoms with Gasteiger partial charge in [0.05, 0.1) is 18.9 Å². The van der Waals surface area contributed by atoms with E-state index in [0.717, 1.165) is 17.7 Å². The lowest BCUT2D eigenvalue weighted by atomic mass is 10.1. The van der Waals surface area contributed by atoms with Gasteiger partial charge in [0, 0.05) is 26.1 Å². The van der Waals surface area contributed by atoms with Gasteiger partial charge in [0.2, 0.25) is 5.95 Å². The van der Waals surface area contributed by atoms with Crippen LogP contribution in [0, 0.1) is 0 Å². The molecular weight excluding hydrogens is 202 g/mol. The van der Waals surface area contributed by atoms with Crippen LogP contribution in [0.4, 0.5) is 5.95 Å². The molecule has 0 saturated heterocycles. The number of ether oxygens (including phenoxy) is 1. The Labute approximate surface area is 87.9 Å². The van der Waals surface area contributed by atoms with Gasteiger partial charge in [0.15, 0.2) is 0 Å². The summed E-state index contributed by atoms with van der Waals surface area (Å²) in [5.74, 6) is 0.663. The number of aromatic nitrogens is 2. The first-order valence-electron chi connectivity index (χ1n) is 4.49. The van der Waals surface area contributed by atoms with Gasteiger partial charge in [-0.2, -0.15) is 0 Å². The van der Waals surface area contributed by atoms with E-state index in [-0.39, 0.29) is 0 Å². The van der Waals surface area contributed by atoms with Crippen molar-refractivity contribution < 1.29 is 4.74 Å². The number of rotatable bonds is 1. The van der Waals surface area contributed by atoms with Crippen molar-refractivity contribution in [3.05, 3.63) is 16.4 Å². The first-order chi connectivity index (χ1) is 6.68. The Morgan fingerprint density at radius 2 is 2.14 bits per heavy atom. The van der Waals surface area contributed by atoms with Gasteiger partial charge < -0.3 is 9.64 Å². The zero-order valence-electron chi connectivity index (χ0n) is 8.25. The van der Waals surface area contributed by atoms with Gasteiger partial charge in [-0.05, 0) is 0 Å². The number of nitrogens with zero attached hydrogens (tertiary/aromatic N) is 3. The fraction of sp³-hybridized carbons (Fsp3) is 0.556. The number of fused-ring (bicyclic) bond motifs is 1. The molecule has 0 amide bonds. The number of hydrogen-bond acceptors (Lipinski definition) is 4. The normalized spacial score (nSPS) is 15.1. The molecular formula is C9H12ClN3O. The molecule has 0 spiro atoms. The molecule has 0 aliphatic carbocycles. The van der Waals surface area contributed by atoms with Crippen LogP contribution in [0.3, 0.4) is 0 Å². The molecule has 0 fully saturated rings. The maximum absolute atomic E-state index is 6.03. The summed E-state index contributed by atoms with van der Waals surface area (Å²) in [4.78, 5) is 10.5. The zero-order chi connectivity index (χ0) is 10.1. The van der Waals surface area contributed by atoms with E-state index in [4.69, 9.17) is 16.3 Å². The summed E-state index contributed by atoms with van der Waals surface area (Å²) in [6.45, 7) is 1.25. The minimum absolute atomic E-state index is 0.512. The lowest BCUT2D eigenvalue weighted by molar-refractivity contribution is 0.109. The minimum Gasteiger partial charge on any atom is -0.376 e. The summed E-state index contributed by atoms with van der Waals surface area (Å²) in [7, 11) is 3.80. The van der Waals surface area contributed by atoms with Crippen LogP contribution in [0.15, 0.2) is 0 Å². The highest BCUT2D eigenvalue weighted by molar-refractivity contribution is 6.30. The third-order valence-corrected chi connectivity index (χ3v) is 2.47. The van der Waals surface area contributed by atoms with Crippen LogP contribution in [0.25, 0.3) is 0 Å². The maximum Gasteiger partial charge on any atom is 0.226 e. The van der Waals surface area contributed by atoms with Crippen molar-refractivity contribution in [1.29, 1.82) is 0 Å². The predicted octanol–water partition coefficient (Wildman–Crippen LogP) is 1.27. The molecule has 1 aliphatic heterocycles. The third kappa shape index (κ3) is 1.67. The van der Waals surface area contributed by atoms with Crippen molar-refractivity contribution in [2.24, 2.45) is 0 Å². The average molecular weight is 214 g/mol. The second-order valence-electron chi connectivity index (χ2n) is 3.44. The summed E-state index contributed by atoms with van der Waals surface area (Å²) >= 11 is 6.03. The van der Waals surface area contributed by atoms with E-state index in [1.807, 2.05) is 19.0 Å². The van der Waals surface area contributed by atoms with Crippen molar-refractivity contribution in [2.45, 2.75) is 13.0 Å². The highest BCUT2D eigenvalue weighted by atomic mass is 35.5. The number of anilines is 1. The Kier molecular flexibility index (Phi) is 2.56. The summed E-state index contributed by atoms with van der Waals surface area (Å²) in [5, 5.41) is 0.512. The van der Waals surface area contributed by atoms with Crippen LogP contribution >= 0.6 is 11.6 Å². The van der Waals surface area contributed by atoms with Gasteiger partial charge in [-0.15, -0.1) is 0 Å². The quantitative estimate of drug-likeness (QED) is 0.659. The molecule has 1 aromatic rings. The van der Waals surface area contributed by atoms with Crippen LogP contribution in [-0.4, -0.2) is 30.7 Å². The first-order valence-corrected chi connectivity index (χ1v) is 4.86. The highest BCUT2D eigenvalue weighted by Gasteiger charge is 2.17. The van der Waals surface area contributed by atoms with Crippen LogP contribution in [0.5, 0.6) is 0 Å². The standard InChI is InChI=1S/C9H12ClN3O/c1-13(2)9-11-7-3-4-14-5-6(7)8(10)12-9/h3-5H2,1-2H3. The molecule has 0 bridgehead atoms. The minimum atomic E-state index is 0.512. The van der Waals surface area contributed by atoms with Gasteiger partial charge in [-0.25, -0.2) is 9.97 Å². The largest absolute Gasteiger partial charge is 0.376 e. The molecule has 1 aliphatic rings. The lowest BCUT2D eigenvalue weighted by Crippen LogP contribution is -2.19. The lowest BCUT2D eigenvalue weighted by Gasteiger charge is -2.19. The molecule has 14 heavy (non-hydrogen) atoms. The van der Waals surface area contributed by atoms with Gasteiger partial charge >= 0.3 is 0 Å². The molecule has 2 rings (SSSR count). The second-order valence-corrected chi connectivity index (χ2v) is 3.79. The van der Waals surface area contributed by atoms with Crippen LogP contribution in [-0.2, 0) is 17.8 Å². The smallest absolute Gasteiger partial charge is 0.226 e. The molecule has 76 valence electrons. The Morgan fingerprint density at radius 3 is 2.86 bits per heavy atom. The Hall–Kier alpha value is -0.870. The fourth-order valence-electron chi connectivity index (χ4n) is 1.38. The van der Waals surface area contributed by atoms with E-state index in [9.17, 15) is 0 Å². The molecule has 2 heterocycles. The van der Waals surface area contributed by atoms with E-state index in [1.165, 1.54) is 0 Å². The van der Waals surface area contributed by atoms with Crippen molar-refractivity contribution in [1.82, 2.24) is 9.97 Å². The molecule has 0 atom stereocenters. The molecule has 4 nitrogen and oxygen atoms in total. The van der Waals surface area contributed by atoms with Crippen molar-refractivity contribution in [3.63, 3.8) is 0 Å². The van der Waals surface area contributed by atoms with Gasteiger partial charge in [-0.3, -0.25) is 0 Å². The maximum atomic E-state index is 6.03. The van der Waals surface area contributed by atoms with Crippen molar-refractivity contribution >= 4 is 17.5 Å². The molecule has 1 aromatic heterocycles. The summed E-state index contributed by atoms with van der Waals surface area (Å²) in [5.41, 5.74) is 1.95. The monoisotopic (exact) mass is 213 g/mol. The Bertz CT molecular complexity index is 354. The van der Waals surface area contributed by atoms with E-state index in [0.29, 0.717) is 24.3 Å². The van der Waals surface area contributed by atoms with Crippen LogP contribution < -0.4 is 4.90 Å². The Morgan fingerprint density at radius 1 is 1.36 bits per heavy atom. The van der Waals surface area contributed by atoms with E-state index in [1.54, 1.807) is 0 Å². The SMILES string of the molecule is CN(C)c1nc(Cl)c2c(n1)CCOC2. The van der Waals surface area contributed by atoms with E-state index < -0.39 is 0 Å². The molecule has 0 saturated carbocycles. The molecule has 0 unspecified atom stereocenters. The van der Waals surface area contributed by atoms with E-state index in [2.05, 4.69) is 9.97 Å². The van der Waals surface area contributed by atoms with Crippen LogP contribution in [0.1, 0.15) is 11.3 Å². The number of hydrogen-bond donors (Lipinski definition) is 0. The summed E-state index contributed by atoms with van der Waals surface area (Å²) < 4.78 is 5.30. The molecule has 5 heteroatoms. The third-order valence-electron chi connectivity index (χ3n) is 2.16. The zero-order valence-corrected chi connectivity index (χ0v) is 9.01. The fourth-order valence-corrected chi connectivity index (χ4v) is 1.62. The van der Waals surface area contributed by atoms with E-state index >= 15 is 0 Å². The van der Waals surface area contributed by atoms with Gasteiger partial charge in [0.1, 0.15) is 5.15 Å². The molecule has 0 radical (unpaired) electrons. The van der Waals surface area contributed by atoms with Crippen LogP contribution in [0.2, 0.25) is 5.15 Å². The first kappa shape index (κ1) is 9.68. The van der Waals surface area contributed by atoms with Crippen molar-refractivity contribution in [3.8, 4) is 0 Å². The highest BCUT2D eigenvalue weighted by Crippen LogP contribution is 2.23. The molecule has 0 N–H and O–H groups in total. The van der Waals surface area contributed by atoms with Gasteiger partial charge in [0.25, 0.3) is 0 Å². The second kappa shape index (κ2) is 3.71. The summed E-state index contributed by atoms with van der Waals surface area (Å²) in [6.07, 6.45) is 0.818. The summed E-state index contributed by atoms with van der Waals surface area (Å²) in [6, 6.07) is 0. The molecule has 0 aromatic carbocycles. The van der Waals surface area contributed by atoms with Crippen molar-refractivity contribution in [2.75, 3.05) is 25.6 Å². The van der Waals surface area contributed by atoms with Gasteiger partial charge in [-0.1, -0.05) is 11.6 Å². The average Bonchev–Trinajstić information content (AvgIpc) is 2.17. The topological polar surface area (TPSA) is 38.2 Å².